The summed E-state index contributed by atoms with van der Waals surface area (Å²) < 4.78 is 0. The molecular weight excluding hydrogens is 697 g/mol. The summed E-state index contributed by atoms with van der Waals surface area (Å²) in [6.07, 6.45) is 0. The molecule has 0 bridgehead atoms. The van der Waals surface area contributed by atoms with Gasteiger partial charge in [0, 0.05) is 0 Å². The van der Waals surface area contributed by atoms with Crippen LogP contribution in [0.25, 0.3) is 110 Å². The van der Waals surface area contributed by atoms with Crippen LogP contribution >= 0.6 is 0 Å². The Hall–Kier alpha value is -7.54. The first kappa shape index (κ1) is 33.8. The minimum absolute atomic E-state index is 1.19. The summed E-state index contributed by atoms with van der Waals surface area (Å²) in [4.78, 5) is 0. The molecule has 0 saturated heterocycles. The number of hydrogen-bond donors (Lipinski definition) is 0. The van der Waals surface area contributed by atoms with Gasteiger partial charge >= 0.3 is 0 Å². The van der Waals surface area contributed by atoms with E-state index in [1.807, 2.05) is 0 Å². The van der Waals surface area contributed by atoms with E-state index in [9.17, 15) is 0 Å². The first-order valence-corrected chi connectivity index (χ1v) is 20.1. The van der Waals surface area contributed by atoms with Gasteiger partial charge in [-0.1, -0.05) is 212 Å². The molecule has 0 radical (unpaired) electrons. The Bertz CT molecular complexity index is 3260. The normalized spacial score (nSPS) is 11.4. The molecular formula is C58H38. The van der Waals surface area contributed by atoms with Crippen LogP contribution in [0.1, 0.15) is 0 Å². The molecule has 270 valence electrons. The molecule has 0 heteroatoms. The number of hydrogen-bond acceptors (Lipinski definition) is 0. The molecule has 11 rings (SSSR count). The predicted octanol–water partition coefficient (Wildman–Crippen LogP) is 16.3. The molecule has 11 aromatic rings. The Morgan fingerprint density at radius 3 is 1.21 bits per heavy atom. The lowest BCUT2D eigenvalue weighted by Crippen LogP contribution is -1.93. The van der Waals surface area contributed by atoms with Gasteiger partial charge in [-0.15, -0.1) is 0 Å². The number of fused-ring (bicyclic) bond motifs is 4. The summed E-state index contributed by atoms with van der Waals surface area (Å²) in [5.74, 6) is 0. The van der Waals surface area contributed by atoms with Crippen molar-refractivity contribution in [2.75, 3.05) is 0 Å². The van der Waals surface area contributed by atoms with E-state index in [1.165, 1.54) is 110 Å². The van der Waals surface area contributed by atoms with Crippen molar-refractivity contribution in [2.24, 2.45) is 0 Å². The monoisotopic (exact) mass is 734 g/mol. The standard InChI is InChI=1S/C58H38/c1-2-16-43(17-3-1)57-52-22-10-12-24-54(52)58(55-25-13-11-23-53(55)57)48-34-35-50(47-33-29-40-15-5-7-19-45(40)37-47)56(38-48)51-21-9-8-20-49(51)42-30-26-41(27-31-42)46-32-28-39-14-4-6-18-44(39)36-46/h1-38H. The Labute approximate surface area is 339 Å². The van der Waals surface area contributed by atoms with Crippen LogP contribution in [0.4, 0.5) is 0 Å². The largest absolute Gasteiger partial charge is 0.0622 e. The molecule has 0 N–H and O–H groups in total. The average Bonchev–Trinajstić information content (AvgIpc) is 3.30. The van der Waals surface area contributed by atoms with Gasteiger partial charge in [-0.3, -0.25) is 0 Å². The van der Waals surface area contributed by atoms with Crippen LogP contribution in [-0.2, 0) is 0 Å². The average molecular weight is 735 g/mol. The second kappa shape index (κ2) is 14.2. The highest BCUT2D eigenvalue weighted by molar-refractivity contribution is 6.21. The Balaban J connectivity index is 1.13. The fraction of sp³-hybridized carbons (Fsp3) is 0. The highest BCUT2D eigenvalue weighted by Crippen LogP contribution is 2.47. The first-order chi connectivity index (χ1) is 28.8. The quantitative estimate of drug-likeness (QED) is 0.149. The van der Waals surface area contributed by atoms with Gasteiger partial charge in [0.2, 0.25) is 0 Å². The van der Waals surface area contributed by atoms with Gasteiger partial charge < -0.3 is 0 Å². The fourth-order valence-corrected chi connectivity index (χ4v) is 9.07. The van der Waals surface area contributed by atoms with Crippen LogP contribution in [0.3, 0.4) is 0 Å². The molecule has 0 spiro atoms. The third kappa shape index (κ3) is 5.86. The van der Waals surface area contributed by atoms with Crippen molar-refractivity contribution in [1.82, 2.24) is 0 Å². The van der Waals surface area contributed by atoms with E-state index >= 15 is 0 Å². The van der Waals surface area contributed by atoms with Gasteiger partial charge in [-0.2, -0.15) is 0 Å². The molecule has 0 nitrogen and oxygen atoms in total. The van der Waals surface area contributed by atoms with Crippen molar-refractivity contribution in [3.63, 3.8) is 0 Å². The molecule has 0 amide bonds. The molecule has 0 aliphatic heterocycles. The Morgan fingerprint density at radius 1 is 0.172 bits per heavy atom. The van der Waals surface area contributed by atoms with Crippen LogP contribution < -0.4 is 0 Å². The smallest absolute Gasteiger partial charge is 0.00261 e. The van der Waals surface area contributed by atoms with Gasteiger partial charge in [-0.05, 0) is 128 Å². The van der Waals surface area contributed by atoms with Gasteiger partial charge in [0.15, 0.2) is 0 Å². The van der Waals surface area contributed by atoms with Gasteiger partial charge in [0.05, 0.1) is 0 Å². The second-order valence-corrected chi connectivity index (χ2v) is 15.2. The highest BCUT2D eigenvalue weighted by Gasteiger charge is 2.20. The van der Waals surface area contributed by atoms with Crippen LogP contribution in [0.5, 0.6) is 0 Å². The van der Waals surface area contributed by atoms with Crippen molar-refractivity contribution in [3.05, 3.63) is 231 Å². The van der Waals surface area contributed by atoms with E-state index in [4.69, 9.17) is 0 Å². The van der Waals surface area contributed by atoms with Crippen LogP contribution in [0.2, 0.25) is 0 Å². The second-order valence-electron chi connectivity index (χ2n) is 15.2. The zero-order valence-electron chi connectivity index (χ0n) is 31.9. The minimum Gasteiger partial charge on any atom is -0.0622 e. The van der Waals surface area contributed by atoms with E-state index in [2.05, 4.69) is 231 Å². The zero-order chi connectivity index (χ0) is 38.4. The van der Waals surface area contributed by atoms with E-state index in [0.29, 0.717) is 0 Å². The van der Waals surface area contributed by atoms with Crippen LogP contribution in [-0.4, -0.2) is 0 Å². The Morgan fingerprint density at radius 2 is 0.586 bits per heavy atom. The van der Waals surface area contributed by atoms with Crippen LogP contribution in [0.15, 0.2) is 231 Å². The molecule has 0 aliphatic carbocycles. The summed E-state index contributed by atoms with van der Waals surface area (Å²) in [6, 6.07) is 84.7. The van der Waals surface area contributed by atoms with Crippen molar-refractivity contribution in [1.29, 1.82) is 0 Å². The molecule has 0 atom stereocenters. The summed E-state index contributed by atoms with van der Waals surface area (Å²) in [6.45, 7) is 0. The maximum absolute atomic E-state index is 2.45. The third-order valence-electron chi connectivity index (χ3n) is 11.9. The molecule has 0 unspecified atom stereocenters. The third-order valence-corrected chi connectivity index (χ3v) is 11.9. The lowest BCUT2D eigenvalue weighted by molar-refractivity contribution is 1.56. The topological polar surface area (TPSA) is 0 Å². The lowest BCUT2D eigenvalue weighted by Gasteiger charge is -2.20. The predicted molar refractivity (Wildman–Crippen MR) is 249 cm³/mol. The van der Waals surface area contributed by atoms with Crippen LogP contribution in [0, 0.1) is 0 Å². The molecule has 0 aromatic heterocycles. The van der Waals surface area contributed by atoms with E-state index in [0.717, 1.165) is 0 Å². The molecule has 0 heterocycles. The Kier molecular flexibility index (Phi) is 8.26. The summed E-state index contributed by atoms with van der Waals surface area (Å²) >= 11 is 0. The van der Waals surface area contributed by atoms with Crippen molar-refractivity contribution in [3.8, 4) is 66.8 Å². The molecule has 0 aliphatic rings. The summed E-state index contributed by atoms with van der Waals surface area (Å²) in [5.41, 5.74) is 14.6. The van der Waals surface area contributed by atoms with Gasteiger partial charge in [-0.25, -0.2) is 0 Å². The fourth-order valence-electron chi connectivity index (χ4n) is 9.07. The number of benzene rings is 11. The highest BCUT2D eigenvalue weighted by atomic mass is 14.2. The zero-order valence-corrected chi connectivity index (χ0v) is 31.9. The number of rotatable bonds is 6. The molecule has 58 heavy (non-hydrogen) atoms. The van der Waals surface area contributed by atoms with E-state index in [1.54, 1.807) is 0 Å². The lowest BCUT2D eigenvalue weighted by atomic mass is 9.83. The summed E-state index contributed by atoms with van der Waals surface area (Å²) in [7, 11) is 0. The van der Waals surface area contributed by atoms with Crippen molar-refractivity contribution in [2.45, 2.75) is 0 Å². The van der Waals surface area contributed by atoms with Crippen molar-refractivity contribution < 1.29 is 0 Å². The van der Waals surface area contributed by atoms with Gasteiger partial charge in [0.25, 0.3) is 0 Å². The SMILES string of the molecule is c1ccc(-c2c3ccccc3c(-c3ccc(-c4ccc5ccccc5c4)c(-c4ccccc4-c4ccc(-c5ccc6ccccc6c5)cc4)c3)c3ccccc23)cc1. The maximum Gasteiger partial charge on any atom is -0.00261 e. The van der Waals surface area contributed by atoms with Gasteiger partial charge in [0.1, 0.15) is 0 Å². The molecule has 0 fully saturated rings. The van der Waals surface area contributed by atoms with E-state index in [-0.39, 0.29) is 0 Å². The first-order valence-electron chi connectivity index (χ1n) is 20.1. The molecule has 11 aromatic carbocycles. The van der Waals surface area contributed by atoms with E-state index < -0.39 is 0 Å². The van der Waals surface area contributed by atoms with Crippen molar-refractivity contribution >= 4 is 43.1 Å². The molecule has 0 saturated carbocycles. The summed E-state index contributed by atoms with van der Waals surface area (Å²) in [5, 5.41) is 10.0. The maximum atomic E-state index is 2.45. The minimum atomic E-state index is 1.19.